The molecule has 1 aromatic heterocycles. The van der Waals surface area contributed by atoms with Crippen LogP contribution in [0, 0.1) is 6.92 Å². The number of amides is 3. The summed E-state index contributed by atoms with van der Waals surface area (Å²) in [4.78, 5) is 42.8. The quantitative estimate of drug-likeness (QED) is 0.741. The van der Waals surface area contributed by atoms with Crippen LogP contribution in [0.15, 0.2) is 30.5 Å². The number of H-pyrrole nitrogens is 1. The summed E-state index contributed by atoms with van der Waals surface area (Å²) in [5.41, 5.74) is 1.16. The van der Waals surface area contributed by atoms with Crippen molar-refractivity contribution < 1.29 is 14.4 Å². The van der Waals surface area contributed by atoms with Crippen LogP contribution in [-0.4, -0.2) is 27.7 Å². The first-order chi connectivity index (χ1) is 11.9. The predicted octanol–water partition coefficient (Wildman–Crippen LogP) is 2.05. The molecule has 2 aromatic rings. The van der Waals surface area contributed by atoms with Crippen LogP contribution in [0.1, 0.15) is 48.1 Å². The first-order valence-electron chi connectivity index (χ1n) is 8.22. The third kappa shape index (κ3) is 3.17. The molecule has 3 N–H and O–H groups in total. The first kappa shape index (κ1) is 16.9. The number of carbonyl (C=O) groups is 3. The SMILES string of the molecule is CC[C@]1(c2ccc(NC(=O)c3cnc(C)[nH]3)cc2)CCC(=O)NC1=O. The largest absolute Gasteiger partial charge is 0.338 e. The van der Waals surface area contributed by atoms with Crippen molar-refractivity contribution in [3.8, 4) is 0 Å². The number of hydrogen-bond acceptors (Lipinski definition) is 4. The lowest BCUT2D eigenvalue weighted by molar-refractivity contribution is -0.138. The number of rotatable bonds is 4. The second-order valence-corrected chi connectivity index (χ2v) is 6.23. The molecule has 0 bridgehead atoms. The Morgan fingerprint density at radius 3 is 2.56 bits per heavy atom. The summed E-state index contributed by atoms with van der Waals surface area (Å²) in [5.74, 6) is -0.0911. The van der Waals surface area contributed by atoms with Gasteiger partial charge in [-0.25, -0.2) is 4.98 Å². The molecule has 3 rings (SSSR count). The lowest BCUT2D eigenvalue weighted by atomic mass is 9.72. The Balaban J connectivity index is 1.78. The average Bonchev–Trinajstić information content (AvgIpc) is 3.03. The van der Waals surface area contributed by atoms with E-state index in [1.807, 2.05) is 19.1 Å². The molecule has 1 fully saturated rings. The van der Waals surface area contributed by atoms with Crippen LogP contribution in [-0.2, 0) is 15.0 Å². The zero-order chi connectivity index (χ0) is 18.0. The molecule has 7 heteroatoms. The molecule has 1 aliphatic rings. The van der Waals surface area contributed by atoms with Crippen LogP contribution in [0.25, 0.3) is 0 Å². The van der Waals surface area contributed by atoms with Gasteiger partial charge in [-0.2, -0.15) is 0 Å². The van der Waals surface area contributed by atoms with Gasteiger partial charge >= 0.3 is 0 Å². The maximum absolute atomic E-state index is 12.4. The lowest BCUT2D eigenvalue weighted by Crippen LogP contribution is -2.51. The van der Waals surface area contributed by atoms with Crippen molar-refractivity contribution >= 4 is 23.4 Å². The topological polar surface area (TPSA) is 104 Å². The van der Waals surface area contributed by atoms with E-state index >= 15 is 0 Å². The zero-order valence-electron chi connectivity index (χ0n) is 14.2. The average molecular weight is 340 g/mol. The van der Waals surface area contributed by atoms with E-state index in [-0.39, 0.29) is 17.7 Å². The number of hydrogen-bond donors (Lipinski definition) is 3. The minimum absolute atomic E-state index is 0.229. The highest BCUT2D eigenvalue weighted by atomic mass is 16.2. The van der Waals surface area contributed by atoms with Gasteiger partial charge in [-0.3, -0.25) is 19.7 Å². The molecule has 0 spiro atoms. The molecule has 1 aliphatic heterocycles. The van der Waals surface area contributed by atoms with Gasteiger partial charge in [0.05, 0.1) is 11.6 Å². The maximum Gasteiger partial charge on any atom is 0.273 e. The lowest BCUT2D eigenvalue weighted by Gasteiger charge is -2.35. The van der Waals surface area contributed by atoms with Crippen molar-refractivity contribution in [3.05, 3.63) is 47.5 Å². The van der Waals surface area contributed by atoms with E-state index in [2.05, 4.69) is 20.6 Å². The van der Waals surface area contributed by atoms with E-state index < -0.39 is 5.41 Å². The number of nitrogens with zero attached hydrogens (tertiary/aromatic N) is 1. The van der Waals surface area contributed by atoms with Crippen molar-refractivity contribution in [2.45, 2.75) is 38.5 Å². The smallest absolute Gasteiger partial charge is 0.273 e. The van der Waals surface area contributed by atoms with Crippen molar-refractivity contribution in [1.29, 1.82) is 0 Å². The first-order valence-corrected chi connectivity index (χ1v) is 8.22. The monoisotopic (exact) mass is 340 g/mol. The van der Waals surface area contributed by atoms with Gasteiger partial charge in [-0.15, -0.1) is 0 Å². The molecule has 130 valence electrons. The molecule has 0 unspecified atom stereocenters. The second kappa shape index (κ2) is 6.51. The van der Waals surface area contributed by atoms with E-state index in [0.29, 0.717) is 36.5 Å². The van der Waals surface area contributed by atoms with Crippen LogP contribution in [0.2, 0.25) is 0 Å². The minimum atomic E-state index is -0.697. The molecule has 25 heavy (non-hydrogen) atoms. The fraction of sp³-hybridized carbons (Fsp3) is 0.333. The Morgan fingerprint density at radius 1 is 1.28 bits per heavy atom. The van der Waals surface area contributed by atoms with Gasteiger partial charge in [-0.1, -0.05) is 19.1 Å². The van der Waals surface area contributed by atoms with Gasteiger partial charge in [0.2, 0.25) is 11.8 Å². The molecule has 3 amide bonds. The number of benzene rings is 1. The molecule has 2 heterocycles. The highest BCUT2D eigenvalue weighted by Gasteiger charge is 2.42. The number of imide groups is 1. The number of imidazole rings is 1. The molecule has 1 saturated heterocycles. The third-order valence-corrected chi connectivity index (χ3v) is 4.71. The summed E-state index contributed by atoms with van der Waals surface area (Å²) >= 11 is 0. The molecule has 1 aromatic carbocycles. The highest BCUT2D eigenvalue weighted by Crippen LogP contribution is 2.36. The molecular formula is C18H20N4O3. The summed E-state index contributed by atoms with van der Waals surface area (Å²) in [7, 11) is 0. The summed E-state index contributed by atoms with van der Waals surface area (Å²) in [6, 6.07) is 7.18. The number of aromatic amines is 1. The number of aromatic nitrogens is 2. The van der Waals surface area contributed by atoms with Gasteiger partial charge in [0.15, 0.2) is 0 Å². The van der Waals surface area contributed by atoms with E-state index in [1.54, 1.807) is 19.1 Å². The molecule has 1 atom stereocenters. The number of nitrogens with one attached hydrogen (secondary N) is 3. The molecular weight excluding hydrogens is 320 g/mol. The summed E-state index contributed by atoms with van der Waals surface area (Å²) in [6.07, 6.45) is 2.91. The van der Waals surface area contributed by atoms with Crippen molar-refractivity contribution in [1.82, 2.24) is 15.3 Å². The molecule has 7 nitrogen and oxygen atoms in total. The predicted molar refractivity (Wildman–Crippen MR) is 92.1 cm³/mol. The van der Waals surface area contributed by atoms with Crippen LogP contribution in [0.3, 0.4) is 0 Å². The van der Waals surface area contributed by atoms with E-state index in [0.717, 1.165) is 5.56 Å². The van der Waals surface area contributed by atoms with Gasteiger partial charge in [0, 0.05) is 12.1 Å². The summed E-state index contributed by atoms with van der Waals surface area (Å²) in [6.45, 7) is 3.71. The van der Waals surface area contributed by atoms with Crippen LogP contribution in [0.5, 0.6) is 0 Å². The van der Waals surface area contributed by atoms with Crippen LogP contribution >= 0.6 is 0 Å². The highest BCUT2D eigenvalue weighted by molar-refractivity contribution is 6.04. The standard InChI is InChI=1S/C18H20N4O3/c1-3-18(9-8-15(23)22-17(18)25)12-4-6-13(7-5-12)21-16(24)14-10-19-11(2)20-14/h4-7,10H,3,8-9H2,1-2H3,(H,19,20)(H,21,24)(H,22,23,25)/t18-/m1/s1. The van der Waals surface area contributed by atoms with E-state index in [9.17, 15) is 14.4 Å². The Hall–Kier alpha value is -2.96. The van der Waals surface area contributed by atoms with Crippen molar-refractivity contribution in [3.63, 3.8) is 0 Å². The normalized spacial score (nSPS) is 20.2. The summed E-state index contributed by atoms with van der Waals surface area (Å²) in [5, 5.41) is 5.22. The van der Waals surface area contributed by atoms with Gasteiger partial charge in [0.25, 0.3) is 5.91 Å². The Morgan fingerprint density at radius 2 is 2.00 bits per heavy atom. The molecule has 0 radical (unpaired) electrons. The molecule has 0 saturated carbocycles. The maximum atomic E-state index is 12.4. The Labute approximate surface area is 145 Å². The fourth-order valence-corrected chi connectivity index (χ4v) is 3.17. The van der Waals surface area contributed by atoms with Crippen molar-refractivity contribution in [2.24, 2.45) is 0 Å². The number of anilines is 1. The Kier molecular flexibility index (Phi) is 4.39. The Bertz CT molecular complexity index is 825. The van der Waals surface area contributed by atoms with E-state index in [4.69, 9.17) is 0 Å². The minimum Gasteiger partial charge on any atom is -0.338 e. The van der Waals surface area contributed by atoms with Gasteiger partial charge < -0.3 is 10.3 Å². The van der Waals surface area contributed by atoms with Crippen molar-refractivity contribution in [2.75, 3.05) is 5.32 Å². The van der Waals surface area contributed by atoms with E-state index in [1.165, 1.54) is 6.20 Å². The fourth-order valence-electron chi connectivity index (χ4n) is 3.17. The van der Waals surface area contributed by atoms with Crippen LogP contribution < -0.4 is 10.6 Å². The molecule has 0 aliphatic carbocycles. The summed E-state index contributed by atoms with van der Waals surface area (Å²) < 4.78 is 0. The van der Waals surface area contributed by atoms with Crippen LogP contribution in [0.4, 0.5) is 5.69 Å². The second-order valence-electron chi connectivity index (χ2n) is 6.23. The number of piperidine rings is 1. The zero-order valence-corrected chi connectivity index (χ0v) is 14.2. The van der Waals surface area contributed by atoms with Gasteiger partial charge in [0.1, 0.15) is 11.5 Å². The van der Waals surface area contributed by atoms with Gasteiger partial charge in [-0.05, 0) is 37.5 Å². The third-order valence-electron chi connectivity index (χ3n) is 4.71. The number of carbonyl (C=O) groups excluding carboxylic acids is 3. The number of aryl methyl sites for hydroxylation is 1.